The normalized spacial score (nSPS) is 28.0. The number of nitrogens with zero attached hydrogens (tertiary/aromatic N) is 2. The van der Waals surface area contributed by atoms with Crippen molar-refractivity contribution in [1.82, 2.24) is 10.3 Å². The van der Waals surface area contributed by atoms with Gasteiger partial charge in [0, 0.05) is 18.0 Å². The molecule has 5 rings (SSSR count). The summed E-state index contributed by atoms with van der Waals surface area (Å²) in [6, 6.07) is 15.4. The number of para-hydroxylation sites is 1. The van der Waals surface area contributed by atoms with Crippen LogP contribution in [0.25, 0.3) is 0 Å². The molecule has 0 aliphatic carbocycles. The Bertz CT molecular complexity index is 1090. The lowest BCUT2D eigenvalue weighted by atomic mass is 10.1. The third-order valence-electron chi connectivity index (χ3n) is 6.75. The van der Waals surface area contributed by atoms with Crippen LogP contribution in [0.15, 0.2) is 54.6 Å². The van der Waals surface area contributed by atoms with Crippen LogP contribution in [0, 0.1) is 5.92 Å². The predicted octanol–water partition coefficient (Wildman–Crippen LogP) is 3.14. The van der Waals surface area contributed by atoms with Crippen molar-refractivity contribution in [3.05, 3.63) is 60.2 Å². The molecule has 3 aliphatic rings. The molecule has 2 aromatic carbocycles. The van der Waals surface area contributed by atoms with Crippen molar-refractivity contribution in [1.29, 1.82) is 0 Å². The number of ketones is 1. The molecule has 2 aromatic rings. The Kier molecular flexibility index (Phi) is 5.42. The molecule has 0 saturated carbocycles. The molecular formula is C25H28N3O5+. The van der Waals surface area contributed by atoms with Gasteiger partial charge in [0.15, 0.2) is 18.4 Å². The van der Waals surface area contributed by atoms with Crippen molar-refractivity contribution in [2.45, 2.75) is 38.5 Å². The summed E-state index contributed by atoms with van der Waals surface area (Å²) in [6.07, 6.45) is 0.405. The van der Waals surface area contributed by atoms with Gasteiger partial charge in [0.1, 0.15) is 24.1 Å². The van der Waals surface area contributed by atoms with Crippen LogP contribution in [0.5, 0.6) is 11.5 Å². The first-order chi connectivity index (χ1) is 15.9. The van der Waals surface area contributed by atoms with E-state index in [1.54, 1.807) is 29.2 Å². The number of Topliss-reactive ketones (excluding diaryl/α,β-unsaturated/α-hetero) is 1. The Morgan fingerprint density at radius 1 is 1.12 bits per heavy atom. The molecular weight excluding hydrogens is 422 g/mol. The zero-order chi connectivity index (χ0) is 23.2. The van der Waals surface area contributed by atoms with E-state index in [0.29, 0.717) is 36.6 Å². The van der Waals surface area contributed by atoms with Crippen LogP contribution in [-0.2, 0) is 9.53 Å². The zero-order valence-electron chi connectivity index (χ0n) is 18.8. The summed E-state index contributed by atoms with van der Waals surface area (Å²) in [5.41, 5.74) is 3.38. The number of nitrogens with one attached hydrogen (secondary N) is 1. The van der Waals surface area contributed by atoms with Gasteiger partial charge in [-0.1, -0.05) is 38.1 Å². The minimum atomic E-state index is -0.541. The zero-order valence-corrected chi connectivity index (χ0v) is 18.8. The largest absolute Gasteiger partial charge is 0.457 e. The van der Waals surface area contributed by atoms with E-state index in [9.17, 15) is 14.4 Å². The average Bonchev–Trinajstić information content (AvgIpc) is 3.20. The first-order valence-corrected chi connectivity index (χ1v) is 11.4. The smallest absolute Gasteiger partial charge is 0.445 e. The van der Waals surface area contributed by atoms with Crippen molar-refractivity contribution < 1.29 is 28.4 Å². The number of benzene rings is 2. The number of hydrogen-bond acceptors (Lipinski definition) is 5. The minimum Gasteiger partial charge on any atom is -0.457 e. The third kappa shape index (κ3) is 3.89. The SMILES string of the molecule is CC(C)C1C[N+]1(NC(=O)c1cccc(Oc2ccccc2)c1)C(=O)N1CC[C@H]2OCC(=O)[C@H]21. The number of rotatable bonds is 4. The first-order valence-electron chi connectivity index (χ1n) is 11.4. The van der Waals surface area contributed by atoms with Crippen molar-refractivity contribution in [2.24, 2.45) is 5.92 Å². The maximum atomic E-state index is 13.7. The number of fused-ring (bicyclic) bond motifs is 1. The highest BCUT2D eigenvalue weighted by Gasteiger charge is 2.68. The molecule has 33 heavy (non-hydrogen) atoms. The average molecular weight is 451 g/mol. The molecule has 3 fully saturated rings. The van der Waals surface area contributed by atoms with Gasteiger partial charge in [-0.2, -0.15) is 5.43 Å². The molecule has 1 N–H and O–H groups in total. The first kappa shape index (κ1) is 21.6. The minimum absolute atomic E-state index is 0.0401. The number of amides is 3. The molecule has 0 spiro atoms. The van der Waals surface area contributed by atoms with Crippen molar-refractivity contribution in [2.75, 3.05) is 19.7 Å². The highest BCUT2D eigenvalue weighted by molar-refractivity contribution is 5.95. The van der Waals surface area contributed by atoms with Crippen molar-refractivity contribution in [3.63, 3.8) is 0 Å². The van der Waals surface area contributed by atoms with Crippen LogP contribution in [0.1, 0.15) is 30.6 Å². The number of quaternary nitrogens is 1. The Balaban J connectivity index is 1.36. The van der Waals surface area contributed by atoms with E-state index >= 15 is 0 Å². The standard InChI is InChI=1S/C25H27N3O5/c1-16(2)20-14-28(20,25(31)27-12-11-22-23(27)21(29)15-32-22)26-24(30)17-7-6-10-19(13-17)33-18-8-4-3-5-9-18/h3-10,13,16,20,22-23H,11-12,14-15H2,1-2H3/p+1/t20?,22-,23-,28?/m1/s1. The number of urea groups is 1. The van der Waals surface area contributed by atoms with Gasteiger partial charge >= 0.3 is 6.03 Å². The molecule has 3 aliphatic heterocycles. The lowest BCUT2D eigenvalue weighted by Gasteiger charge is -2.27. The van der Waals surface area contributed by atoms with Crippen LogP contribution >= 0.6 is 0 Å². The quantitative estimate of drug-likeness (QED) is 0.572. The van der Waals surface area contributed by atoms with Gasteiger partial charge in [-0.3, -0.25) is 14.5 Å². The Labute approximate surface area is 192 Å². The monoisotopic (exact) mass is 450 g/mol. The van der Waals surface area contributed by atoms with E-state index in [0.717, 1.165) is 0 Å². The highest BCUT2D eigenvalue weighted by Crippen LogP contribution is 2.39. The molecule has 3 saturated heterocycles. The molecule has 3 heterocycles. The van der Waals surface area contributed by atoms with Crippen LogP contribution in [-0.4, -0.2) is 65.1 Å². The van der Waals surface area contributed by atoms with Crippen LogP contribution in [0.4, 0.5) is 4.79 Å². The van der Waals surface area contributed by atoms with E-state index in [4.69, 9.17) is 9.47 Å². The summed E-state index contributed by atoms with van der Waals surface area (Å²) >= 11 is 0. The number of carbonyl (C=O) groups is 3. The maximum Gasteiger partial charge on any atom is 0.445 e. The molecule has 4 atom stereocenters. The molecule has 8 heteroatoms. The lowest BCUT2D eigenvalue weighted by molar-refractivity contribution is -0.774. The van der Waals surface area contributed by atoms with E-state index in [1.165, 1.54) is 0 Å². The number of likely N-dealkylation sites (tertiary alicyclic amines) is 1. The van der Waals surface area contributed by atoms with Gasteiger partial charge in [0.25, 0.3) is 5.91 Å². The maximum absolute atomic E-state index is 13.7. The second kappa shape index (κ2) is 8.28. The van der Waals surface area contributed by atoms with E-state index in [2.05, 4.69) is 5.43 Å². The summed E-state index contributed by atoms with van der Waals surface area (Å²) in [7, 11) is 0. The molecule has 0 radical (unpaired) electrons. The van der Waals surface area contributed by atoms with Gasteiger partial charge in [0.2, 0.25) is 0 Å². The van der Waals surface area contributed by atoms with Crippen LogP contribution in [0.3, 0.4) is 0 Å². The molecule has 3 amide bonds. The lowest BCUT2D eigenvalue weighted by Crippen LogP contribution is -2.59. The fraction of sp³-hybridized carbons (Fsp3) is 0.400. The van der Waals surface area contributed by atoms with Gasteiger partial charge in [-0.05, 0) is 36.8 Å². The second-order valence-electron chi connectivity index (χ2n) is 9.27. The Hall–Kier alpha value is -3.23. The van der Waals surface area contributed by atoms with Gasteiger partial charge in [0.05, 0.1) is 6.10 Å². The molecule has 172 valence electrons. The van der Waals surface area contributed by atoms with E-state index < -0.39 is 6.04 Å². The molecule has 0 bridgehead atoms. The van der Waals surface area contributed by atoms with Crippen LogP contribution in [0.2, 0.25) is 0 Å². The summed E-state index contributed by atoms with van der Waals surface area (Å²) in [6.45, 7) is 5.09. The summed E-state index contributed by atoms with van der Waals surface area (Å²) in [5.74, 6) is 0.982. The Morgan fingerprint density at radius 2 is 1.88 bits per heavy atom. The van der Waals surface area contributed by atoms with E-state index in [1.807, 2.05) is 44.2 Å². The summed E-state index contributed by atoms with van der Waals surface area (Å²) < 4.78 is 11.2. The summed E-state index contributed by atoms with van der Waals surface area (Å²) in [4.78, 5) is 40.8. The highest BCUT2D eigenvalue weighted by atomic mass is 16.5. The van der Waals surface area contributed by atoms with Crippen molar-refractivity contribution in [3.8, 4) is 11.5 Å². The van der Waals surface area contributed by atoms with Crippen molar-refractivity contribution >= 4 is 17.7 Å². The molecule has 8 nitrogen and oxygen atoms in total. The number of hydrogen-bond donors (Lipinski definition) is 1. The predicted molar refractivity (Wildman–Crippen MR) is 119 cm³/mol. The number of carbonyl (C=O) groups excluding carboxylic acids is 3. The Morgan fingerprint density at radius 3 is 2.61 bits per heavy atom. The third-order valence-corrected chi connectivity index (χ3v) is 6.75. The topological polar surface area (TPSA) is 84.9 Å². The van der Waals surface area contributed by atoms with Gasteiger partial charge in [-0.25, -0.2) is 4.79 Å². The van der Waals surface area contributed by atoms with E-state index in [-0.39, 0.29) is 47.0 Å². The number of ether oxygens (including phenoxy) is 2. The van der Waals surface area contributed by atoms with Gasteiger partial charge in [-0.15, -0.1) is 4.59 Å². The molecule has 2 unspecified atom stereocenters. The fourth-order valence-corrected chi connectivity index (χ4v) is 4.97. The van der Waals surface area contributed by atoms with Gasteiger partial charge < -0.3 is 9.47 Å². The molecule has 0 aromatic heterocycles. The second-order valence-corrected chi connectivity index (χ2v) is 9.27. The summed E-state index contributed by atoms with van der Waals surface area (Å²) in [5, 5.41) is 0. The van der Waals surface area contributed by atoms with Crippen LogP contribution < -0.4 is 10.2 Å². The fourth-order valence-electron chi connectivity index (χ4n) is 4.97.